The third kappa shape index (κ3) is 4.71. The van der Waals surface area contributed by atoms with Gasteiger partial charge in [-0.3, -0.25) is 4.79 Å². The number of hydrogen-bond donors (Lipinski definition) is 2. The van der Waals surface area contributed by atoms with Crippen LogP contribution in [0.2, 0.25) is 0 Å². The predicted molar refractivity (Wildman–Crippen MR) is 95.5 cm³/mol. The normalized spacial score (nSPS) is 12.0. The van der Waals surface area contributed by atoms with Crippen LogP contribution in [-0.2, 0) is 4.79 Å². The summed E-state index contributed by atoms with van der Waals surface area (Å²) in [5.74, 6) is 0.700. The van der Waals surface area contributed by atoms with Gasteiger partial charge in [0.15, 0.2) is 16.6 Å². The molecule has 8 heteroatoms. The zero-order valence-corrected chi connectivity index (χ0v) is 14.9. The van der Waals surface area contributed by atoms with Gasteiger partial charge < -0.3 is 20.1 Å². The molecule has 0 radical (unpaired) electrons. The Morgan fingerprint density at radius 1 is 1.36 bits per heavy atom. The molecule has 0 saturated heterocycles. The molecule has 2 rings (SSSR count). The first kappa shape index (κ1) is 18.3. The summed E-state index contributed by atoms with van der Waals surface area (Å²) in [6, 6.07) is 6.94. The van der Waals surface area contributed by atoms with E-state index in [1.807, 2.05) is 19.1 Å². The Kier molecular flexibility index (Phi) is 6.37. The fourth-order valence-electron chi connectivity index (χ4n) is 2.06. The van der Waals surface area contributed by atoms with Gasteiger partial charge in [0.25, 0.3) is 5.91 Å². The quantitative estimate of drug-likeness (QED) is 0.584. The molecule has 2 aromatic rings. The Hall–Kier alpha value is -3.05. The summed E-state index contributed by atoms with van der Waals surface area (Å²) in [5, 5.41) is 17.2. The molecule has 1 heterocycles. The van der Waals surface area contributed by atoms with Crippen molar-refractivity contribution in [3.05, 3.63) is 47.1 Å². The van der Waals surface area contributed by atoms with E-state index in [4.69, 9.17) is 9.47 Å². The Balaban J connectivity index is 2.08. The molecule has 2 N–H and O–H groups in total. The van der Waals surface area contributed by atoms with Crippen molar-refractivity contribution < 1.29 is 14.3 Å². The van der Waals surface area contributed by atoms with Crippen LogP contribution in [0.15, 0.2) is 41.5 Å². The molecule has 25 heavy (non-hydrogen) atoms. The minimum Gasteiger partial charge on any atom is -0.493 e. The SMILES string of the molecule is COc1ccc(C(C)NC(=O)/C(C#N)=C\Nc2nccs2)cc1OC. The molecule has 1 atom stereocenters. The fourth-order valence-corrected chi connectivity index (χ4v) is 2.56. The molecule has 1 amide bonds. The average Bonchev–Trinajstić information content (AvgIpc) is 3.15. The summed E-state index contributed by atoms with van der Waals surface area (Å²) in [7, 11) is 3.11. The van der Waals surface area contributed by atoms with Gasteiger partial charge in [-0.25, -0.2) is 4.98 Å². The number of nitrogens with one attached hydrogen (secondary N) is 2. The van der Waals surface area contributed by atoms with Crippen LogP contribution < -0.4 is 20.1 Å². The van der Waals surface area contributed by atoms with E-state index in [2.05, 4.69) is 15.6 Å². The molecule has 0 saturated carbocycles. The van der Waals surface area contributed by atoms with Crippen molar-refractivity contribution in [1.29, 1.82) is 5.26 Å². The number of ether oxygens (including phenoxy) is 2. The number of benzene rings is 1. The van der Waals surface area contributed by atoms with Gasteiger partial charge in [-0.15, -0.1) is 11.3 Å². The molecule has 0 aliphatic carbocycles. The maximum Gasteiger partial charge on any atom is 0.263 e. The second kappa shape index (κ2) is 8.70. The van der Waals surface area contributed by atoms with Crippen LogP contribution in [0.3, 0.4) is 0 Å². The molecule has 0 spiro atoms. The second-order valence-corrected chi connectivity index (χ2v) is 5.86. The molecule has 1 aromatic carbocycles. The first-order valence-electron chi connectivity index (χ1n) is 7.38. The fraction of sp³-hybridized carbons (Fsp3) is 0.235. The second-order valence-electron chi connectivity index (χ2n) is 4.96. The zero-order valence-electron chi connectivity index (χ0n) is 14.1. The monoisotopic (exact) mass is 358 g/mol. The Morgan fingerprint density at radius 3 is 2.72 bits per heavy atom. The number of amides is 1. The molecular formula is C17H18N4O3S. The van der Waals surface area contributed by atoms with Crippen LogP contribution in [0.1, 0.15) is 18.5 Å². The molecule has 1 unspecified atom stereocenters. The Labute approximate surface area is 149 Å². The number of anilines is 1. The summed E-state index contributed by atoms with van der Waals surface area (Å²) >= 11 is 1.37. The van der Waals surface area contributed by atoms with Crippen LogP contribution in [0.25, 0.3) is 0 Å². The highest BCUT2D eigenvalue weighted by molar-refractivity contribution is 7.13. The first-order chi connectivity index (χ1) is 12.1. The number of nitriles is 1. The van der Waals surface area contributed by atoms with Gasteiger partial charge in [0, 0.05) is 17.8 Å². The molecular weight excluding hydrogens is 340 g/mol. The van der Waals surface area contributed by atoms with Gasteiger partial charge in [0.1, 0.15) is 11.6 Å². The van der Waals surface area contributed by atoms with Crippen LogP contribution in [0.4, 0.5) is 5.13 Å². The van der Waals surface area contributed by atoms with Crippen molar-refractivity contribution in [2.75, 3.05) is 19.5 Å². The summed E-state index contributed by atoms with van der Waals surface area (Å²) < 4.78 is 10.5. The highest BCUT2D eigenvalue weighted by Crippen LogP contribution is 2.29. The molecule has 0 aliphatic heterocycles. The number of carbonyl (C=O) groups is 1. The maximum absolute atomic E-state index is 12.3. The zero-order chi connectivity index (χ0) is 18.2. The van der Waals surface area contributed by atoms with E-state index >= 15 is 0 Å². The molecule has 0 aliphatic rings. The minimum absolute atomic E-state index is 0.0393. The average molecular weight is 358 g/mol. The lowest BCUT2D eigenvalue weighted by molar-refractivity contribution is -0.117. The number of hydrogen-bond acceptors (Lipinski definition) is 7. The van der Waals surface area contributed by atoms with Crippen LogP contribution in [0, 0.1) is 11.3 Å². The summed E-state index contributed by atoms with van der Waals surface area (Å²) in [6.45, 7) is 1.82. The number of thiazole rings is 1. The van der Waals surface area contributed by atoms with Crippen molar-refractivity contribution in [3.63, 3.8) is 0 Å². The van der Waals surface area contributed by atoms with Gasteiger partial charge in [-0.1, -0.05) is 6.07 Å². The number of rotatable bonds is 7. The van der Waals surface area contributed by atoms with Gasteiger partial charge in [0.2, 0.25) is 0 Å². The first-order valence-corrected chi connectivity index (χ1v) is 8.26. The van der Waals surface area contributed by atoms with Gasteiger partial charge >= 0.3 is 0 Å². The van der Waals surface area contributed by atoms with Gasteiger partial charge in [-0.05, 0) is 24.6 Å². The van der Waals surface area contributed by atoms with E-state index < -0.39 is 5.91 Å². The van der Waals surface area contributed by atoms with Gasteiger partial charge in [-0.2, -0.15) is 5.26 Å². The van der Waals surface area contributed by atoms with Crippen molar-refractivity contribution >= 4 is 22.4 Å². The molecule has 130 valence electrons. The van der Waals surface area contributed by atoms with E-state index in [0.29, 0.717) is 16.6 Å². The van der Waals surface area contributed by atoms with Crippen molar-refractivity contribution in [3.8, 4) is 17.6 Å². The highest BCUT2D eigenvalue weighted by Gasteiger charge is 2.15. The summed E-state index contributed by atoms with van der Waals surface area (Å²) in [4.78, 5) is 16.3. The summed E-state index contributed by atoms with van der Waals surface area (Å²) in [6.07, 6.45) is 2.97. The van der Waals surface area contributed by atoms with E-state index in [0.717, 1.165) is 5.56 Å². The smallest absolute Gasteiger partial charge is 0.263 e. The van der Waals surface area contributed by atoms with E-state index in [-0.39, 0.29) is 11.6 Å². The lowest BCUT2D eigenvalue weighted by Gasteiger charge is -2.16. The van der Waals surface area contributed by atoms with Crippen LogP contribution in [-0.4, -0.2) is 25.1 Å². The van der Waals surface area contributed by atoms with E-state index in [9.17, 15) is 10.1 Å². The van der Waals surface area contributed by atoms with Crippen LogP contribution >= 0.6 is 11.3 Å². The van der Waals surface area contributed by atoms with Crippen molar-refractivity contribution in [1.82, 2.24) is 10.3 Å². The van der Waals surface area contributed by atoms with Crippen LogP contribution in [0.5, 0.6) is 11.5 Å². The Morgan fingerprint density at radius 2 is 2.12 bits per heavy atom. The van der Waals surface area contributed by atoms with Crippen molar-refractivity contribution in [2.24, 2.45) is 0 Å². The lowest BCUT2D eigenvalue weighted by atomic mass is 10.1. The topological polar surface area (TPSA) is 96.3 Å². The Bertz CT molecular complexity index is 797. The number of nitrogens with zero attached hydrogens (tertiary/aromatic N) is 2. The van der Waals surface area contributed by atoms with Gasteiger partial charge in [0.05, 0.1) is 20.3 Å². The third-order valence-corrected chi connectivity index (χ3v) is 4.10. The summed E-state index contributed by atoms with van der Waals surface area (Å²) in [5.41, 5.74) is 0.790. The third-order valence-electron chi connectivity index (χ3n) is 3.39. The highest BCUT2D eigenvalue weighted by atomic mass is 32.1. The maximum atomic E-state index is 12.3. The standard InChI is InChI=1S/C17H18N4O3S/c1-11(12-4-5-14(23-2)15(8-12)24-3)21-16(22)13(9-18)10-20-17-19-6-7-25-17/h4-8,10-11H,1-3H3,(H,19,20)(H,21,22)/b13-10-. The minimum atomic E-state index is -0.478. The van der Waals surface area contributed by atoms with E-state index in [1.165, 1.54) is 17.5 Å². The predicted octanol–water partition coefficient (Wildman–Crippen LogP) is 2.86. The largest absolute Gasteiger partial charge is 0.493 e. The molecule has 0 fully saturated rings. The molecule has 1 aromatic heterocycles. The number of aromatic nitrogens is 1. The lowest BCUT2D eigenvalue weighted by Crippen LogP contribution is -2.28. The number of carbonyl (C=O) groups excluding carboxylic acids is 1. The van der Waals surface area contributed by atoms with E-state index in [1.54, 1.807) is 37.9 Å². The van der Waals surface area contributed by atoms with Crippen molar-refractivity contribution in [2.45, 2.75) is 13.0 Å². The molecule has 7 nitrogen and oxygen atoms in total. The number of methoxy groups -OCH3 is 2. The molecule has 0 bridgehead atoms.